The van der Waals surface area contributed by atoms with Gasteiger partial charge in [-0.3, -0.25) is 0 Å². The van der Waals surface area contributed by atoms with Crippen LogP contribution in [0.3, 0.4) is 0 Å². The maximum Gasteiger partial charge on any atom is 0.393 e. The van der Waals surface area contributed by atoms with Crippen molar-refractivity contribution in [3.8, 4) is 0 Å². The van der Waals surface area contributed by atoms with E-state index in [1.54, 1.807) is 19.1 Å². The van der Waals surface area contributed by atoms with Crippen LogP contribution in [0.2, 0.25) is 0 Å². The number of halogens is 3. The van der Waals surface area contributed by atoms with Gasteiger partial charge in [-0.25, -0.2) is 0 Å². The molecule has 0 unspecified atom stereocenters. The van der Waals surface area contributed by atoms with Crippen molar-refractivity contribution < 1.29 is 13.2 Å². The quantitative estimate of drug-likeness (QED) is 0.785. The molecule has 1 rings (SSSR count). The summed E-state index contributed by atoms with van der Waals surface area (Å²) in [7, 11) is 0. The number of nitrogens with two attached hydrogens (primary N) is 1. The van der Waals surface area contributed by atoms with Crippen molar-refractivity contribution in [1.29, 1.82) is 0 Å². The average molecular weight is 203 g/mol. The number of hydrogen-bond acceptors (Lipinski definition) is 1. The molecular weight excluding hydrogens is 191 g/mol. The zero-order valence-electron chi connectivity index (χ0n) is 7.81. The van der Waals surface area contributed by atoms with Crippen LogP contribution < -0.4 is 5.73 Å². The lowest BCUT2D eigenvalue weighted by atomic mass is 10.0. The summed E-state index contributed by atoms with van der Waals surface area (Å²) in [6, 6.07) is 6.05. The zero-order valence-corrected chi connectivity index (χ0v) is 7.81. The summed E-state index contributed by atoms with van der Waals surface area (Å²) in [5.41, 5.74) is 6.55. The normalized spacial score (nSPS) is 14.1. The second-order valence-electron chi connectivity index (χ2n) is 3.33. The van der Waals surface area contributed by atoms with Crippen LogP contribution >= 0.6 is 0 Å². The van der Waals surface area contributed by atoms with Crippen LogP contribution in [0.15, 0.2) is 24.3 Å². The lowest BCUT2D eigenvalue weighted by Crippen LogP contribution is -2.12. The third kappa shape index (κ3) is 3.38. The topological polar surface area (TPSA) is 26.0 Å². The van der Waals surface area contributed by atoms with Crippen LogP contribution in [0.4, 0.5) is 13.2 Å². The number of rotatable bonds is 2. The van der Waals surface area contributed by atoms with Gasteiger partial charge in [0.1, 0.15) is 0 Å². The van der Waals surface area contributed by atoms with Crippen LogP contribution in [0.5, 0.6) is 0 Å². The number of alkyl halides is 3. The molecule has 0 aromatic heterocycles. The Bertz CT molecular complexity index is 304. The molecule has 78 valence electrons. The van der Waals surface area contributed by atoms with Crippen molar-refractivity contribution in [3.63, 3.8) is 0 Å². The first-order valence-corrected chi connectivity index (χ1v) is 4.29. The maximum absolute atomic E-state index is 12.0. The standard InChI is InChI=1S/C10H12F3N/c1-7(14)9-4-2-3-8(5-9)6-10(11,12)13/h2-5,7H,6,14H2,1H3/t7-/m0/s1. The van der Waals surface area contributed by atoms with Crippen molar-refractivity contribution in [2.24, 2.45) is 5.73 Å². The van der Waals surface area contributed by atoms with Gasteiger partial charge in [0.25, 0.3) is 0 Å². The summed E-state index contributed by atoms with van der Waals surface area (Å²) < 4.78 is 36.1. The summed E-state index contributed by atoms with van der Waals surface area (Å²) in [6.07, 6.45) is -5.05. The van der Waals surface area contributed by atoms with E-state index < -0.39 is 12.6 Å². The van der Waals surface area contributed by atoms with Gasteiger partial charge in [0.15, 0.2) is 0 Å². The number of hydrogen-bond donors (Lipinski definition) is 1. The molecule has 1 atom stereocenters. The predicted octanol–water partition coefficient (Wildman–Crippen LogP) is 2.81. The Morgan fingerprint density at radius 3 is 2.50 bits per heavy atom. The molecule has 1 aromatic carbocycles. The highest BCUT2D eigenvalue weighted by Crippen LogP contribution is 2.22. The second kappa shape index (κ2) is 4.00. The molecule has 0 aliphatic carbocycles. The Morgan fingerprint density at radius 1 is 1.36 bits per heavy atom. The molecule has 0 heterocycles. The summed E-state index contributed by atoms with van der Waals surface area (Å²) >= 11 is 0. The largest absolute Gasteiger partial charge is 0.393 e. The van der Waals surface area contributed by atoms with E-state index in [1.165, 1.54) is 12.1 Å². The SMILES string of the molecule is C[C@H](N)c1cccc(CC(F)(F)F)c1. The van der Waals surface area contributed by atoms with Crippen molar-refractivity contribution in [3.05, 3.63) is 35.4 Å². The van der Waals surface area contributed by atoms with Gasteiger partial charge in [0, 0.05) is 6.04 Å². The first-order chi connectivity index (χ1) is 6.38. The Balaban J connectivity index is 2.84. The second-order valence-corrected chi connectivity index (χ2v) is 3.33. The Hall–Kier alpha value is -1.03. The minimum absolute atomic E-state index is 0.233. The van der Waals surface area contributed by atoms with E-state index in [9.17, 15) is 13.2 Å². The molecule has 0 aliphatic heterocycles. The fraction of sp³-hybridized carbons (Fsp3) is 0.400. The van der Waals surface area contributed by atoms with Gasteiger partial charge in [-0.05, 0) is 18.1 Å². The van der Waals surface area contributed by atoms with Crippen molar-refractivity contribution in [1.82, 2.24) is 0 Å². The van der Waals surface area contributed by atoms with E-state index in [2.05, 4.69) is 0 Å². The monoisotopic (exact) mass is 203 g/mol. The van der Waals surface area contributed by atoms with Gasteiger partial charge >= 0.3 is 6.18 Å². The first-order valence-electron chi connectivity index (χ1n) is 4.29. The van der Waals surface area contributed by atoms with Crippen LogP contribution in [0, 0.1) is 0 Å². The molecule has 0 fully saturated rings. The number of benzene rings is 1. The average Bonchev–Trinajstić information content (AvgIpc) is 2.01. The fourth-order valence-corrected chi connectivity index (χ4v) is 1.22. The molecule has 0 aliphatic rings. The van der Waals surface area contributed by atoms with Gasteiger partial charge in [0.05, 0.1) is 6.42 Å². The lowest BCUT2D eigenvalue weighted by molar-refractivity contribution is -0.127. The van der Waals surface area contributed by atoms with E-state index >= 15 is 0 Å². The fourth-order valence-electron chi connectivity index (χ4n) is 1.22. The summed E-state index contributed by atoms with van der Waals surface area (Å²) in [5, 5.41) is 0. The van der Waals surface area contributed by atoms with Crippen molar-refractivity contribution in [2.75, 3.05) is 0 Å². The molecular formula is C10H12F3N. The van der Waals surface area contributed by atoms with Crippen LogP contribution in [0.1, 0.15) is 24.1 Å². The van der Waals surface area contributed by atoms with Crippen molar-refractivity contribution in [2.45, 2.75) is 25.6 Å². The van der Waals surface area contributed by atoms with Gasteiger partial charge in [0.2, 0.25) is 0 Å². The molecule has 1 aromatic rings. The minimum Gasteiger partial charge on any atom is -0.324 e. The Morgan fingerprint density at radius 2 is 2.00 bits per heavy atom. The summed E-state index contributed by atoms with van der Waals surface area (Å²) in [4.78, 5) is 0. The smallest absolute Gasteiger partial charge is 0.324 e. The lowest BCUT2D eigenvalue weighted by Gasteiger charge is -2.09. The van der Waals surface area contributed by atoms with Gasteiger partial charge < -0.3 is 5.73 Å². The van der Waals surface area contributed by atoms with E-state index in [0.29, 0.717) is 0 Å². The molecule has 0 bridgehead atoms. The minimum atomic E-state index is -4.16. The van der Waals surface area contributed by atoms with Gasteiger partial charge in [-0.2, -0.15) is 13.2 Å². The highest BCUT2D eigenvalue weighted by Gasteiger charge is 2.27. The van der Waals surface area contributed by atoms with Crippen molar-refractivity contribution >= 4 is 0 Å². The molecule has 4 heteroatoms. The van der Waals surface area contributed by atoms with Crippen LogP contribution in [-0.2, 0) is 6.42 Å². The predicted molar refractivity (Wildman–Crippen MR) is 48.8 cm³/mol. The first kappa shape index (κ1) is 11.0. The summed E-state index contributed by atoms with van der Waals surface area (Å²) in [5.74, 6) is 0. The Kier molecular flexibility index (Phi) is 3.16. The van der Waals surface area contributed by atoms with Crippen LogP contribution in [0.25, 0.3) is 0 Å². The van der Waals surface area contributed by atoms with E-state index in [0.717, 1.165) is 5.56 Å². The van der Waals surface area contributed by atoms with E-state index in [1.807, 2.05) is 0 Å². The highest BCUT2D eigenvalue weighted by molar-refractivity contribution is 5.26. The third-order valence-electron chi connectivity index (χ3n) is 1.88. The van der Waals surface area contributed by atoms with Gasteiger partial charge in [-0.15, -0.1) is 0 Å². The molecule has 1 nitrogen and oxygen atoms in total. The molecule has 14 heavy (non-hydrogen) atoms. The molecule has 0 amide bonds. The zero-order chi connectivity index (χ0) is 10.8. The van der Waals surface area contributed by atoms with Gasteiger partial charge in [-0.1, -0.05) is 24.3 Å². The maximum atomic E-state index is 12.0. The Labute approximate surface area is 80.7 Å². The van der Waals surface area contributed by atoms with Crippen LogP contribution in [-0.4, -0.2) is 6.18 Å². The molecule has 0 saturated carbocycles. The third-order valence-corrected chi connectivity index (χ3v) is 1.88. The summed E-state index contributed by atoms with van der Waals surface area (Å²) in [6.45, 7) is 1.74. The molecule has 0 radical (unpaired) electrons. The highest BCUT2D eigenvalue weighted by atomic mass is 19.4. The van der Waals surface area contributed by atoms with E-state index in [4.69, 9.17) is 5.73 Å². The molecule has 0 spiro atoms. The molecule has 0 saturated heterocycles. The van der Waals surface area contributed by atoms with E-state index in [-0.39, 0.29) is 11.6 Å². The molecule has 2 N–H and O–H groups in total.